The van der Waals surface area contributed by atoms with E-state index in [1.54, 1.807) is 0 Å². The molecule has 1 amide bonds. The first kappa shape index (κ1) is 8.72. The molecular formula is C9H12N2OS. The highest BCUT2D eigenvalue weighted by atomic mass is 32.1. The van der Waals surface area contributed by atoms with E-state index >= 15 is 0 Å². The Kier molecular flexibility index (Phi) is 2.33. The standard InChI is InChI=1S/C9H12N2OS/c10-7-3-8(4-7)11-9(12)6-1-2-13-5-6/h1-2,5,7-8H,3-4,10H2,(H,11,12). The van der Waals surface area contributed by atoms with E-state index < -0.39 is 0 Å². The van der Waals surface area contributed by atoms with Crippen LogP contribution in [0, 0.1) is 0 Å². The van der Waals surface area contributed by atoms with Crippen molar-refractivity contribution in [3.05, 3.63) is 22.4 Å². The average molecular weight is 196 g/mol. The molecule has 3 N–H and O–H groups in total. The van der Waals surface area contributed by atoms with Crippen LogP contribution in [0.4, 0.5) is 0 Å². The van der Waals surface area contributed by atoms with Crippen molar-refractivity contribution in [2.75, 3.05) is 0 Å². The van der Waals surface area contributed by atoms with E-state index in [0.717, 1.165) is 18.4 Å². The maximum absolute atomic E-state index is 11.5. The van der Waals surface area contributed by atoms with Gasteiger partial charge in [0.15, 0.2) is 0 Å². The fraction of sp³-hybridized carbons (Fsp3) is 0.444. The highest BCUT2D eigenvalue weighted by Gasteiger charge is 2.27. The van der Waals surface area contributed by atoms with Gasteiger partial charge in [-0.05, 0) is 24.3 Å². The van der Waals surface area contributed by atoms with E-state index in [9.17, 15) is 4.79 Å². The molecule has 1 heterocycles. The molecule has 0 aliphatic heterocycles. The molecule has 1 saturated carbocycles. The van der Waals surface area contributed by atoms with E-state index in [-0.39, 0.29) is 11.9 Å². The molecule has 13 heavy (non-hydrogen) atoms. The average Bonchev–Trinajstić information content (AvgIpc) is 2.53. The molecular weight excluding hydrogens is 184 g/mol. The van der Waals surface area contributed by atoms with Crippen LogP contribution in [0.2, 0.25) is 0 Å². The van der Waals surface area contributed by atoms with Gasteiger partial charge in [-0.2, -0.15) is 11.3 Å². The van der Waals surface area contributed by atoms with Gasteiger partial charge in [0.25, 0.3) is 5.91 Å². The summed E-state index contributed by atoms with van der Waals surface area (Å²) in [7, 11) is 0. The van der Waals surface area contributed by atoms with Gasteiger partial charge in [0.1, 0.15) is 0 Å². The summed E-state index contributed by atoms with van der Waals surface area (Å²) in [4.78, 5) is 11.5. The molecule has 0 bridgehead atoms. The molecule has 70 valence electrons. The molecule has 0 aromatic carbocycles. The summed E-state index contributed by atoms with van der Waals surface area (Å²) in [6, 6.07) is 2.41. The first-order valence-electron chi connectivity index (χ1n) is 4.34. The number of amides is 1. The van der Waals surface area contributed by atoms with E-state index in [1.807, 2.05) is 16.8 Å². The molecule has 1 fully saturated rings. The Morgan fingerprint density at radius 3 is 2.92 bits per heavy atom. The van der Waals surface area contributed by atoms with Crippen molar-refractivity contribution in [1.29, 1.82) is 0 Å². The molecule has 2 rings (SSSR count). The minimum absolute atomic E-state index is 0.0261. The smallest absolute Gasteiger partial charge is 0.252 e. The fourth-order valence-electron chi connectivity index (χ4n) is 1.44. The van der Waals surface area contributed by atoms with Gasteiger partial charge in [-0.25, -0.2) is 0 Å². The third-order valence-electron chi connectivity index (χ3n) is 2.29. The second kappa shape index (κ2) is 3.47. The molecule has 0 saturated heterocycles. The summed E-state index contributed by atoms with van der Waals surface area (Å²) in [6.45, 7) is 0. The van der Waals surface area contributed by atoms with Crippen LogP contribution in [0.25, 0.3) is 0 Å². The summed E-state index contributed by atoms with van der Waals surface area (Å²) in [5.41, 5.74) is 6.37. The lowest BCUT2D eigenvalue weighted by Gasteiger charge is -2.32. The van der Waals surface area contributed by atoms with Gasteiger partial charge in [-0.15, -0.1) is 0 Å². The predicted octanol–water partition coefficient (Wildman–Crippen LogP) is 0.968. The second-order valence-electron chi connectivity index (χ2n) is 3.41. The lowest BCUT2D eigenvalue weighted by Crippen LogP contribution is -2.50. The highest BCUT2D eigenvalue weighted by molar-refractivity contribution is 7.08. The number of rotatable bonds is 2. The lowest BCUT2D eigenvalue weighted by atomic mass is 9.87. The Labute approximate surface area is 80.9 Å². The van der Waals surface area contributed by atoms with Crippen molar-refractivity contribution in [2.24, 2.45) is 5.73 Å². The van der Waals surface area contributed by atoms with Crippen LogP contribution in [0.5, 0.6) is 0 Å². The van der Waals surface area contributed by atoms with Crippen LogP contribution in [-0.2, 0) is 0 Å². The fourth-order valence-corrected chi connectivity index (χ4v) is 2.08. The SMILES string of the molecule is NC1CC(NC(=O)c2ccsc2)C1. The van der Waals surface area contributed by atoms with Gasteiger partial charge >= 0.3 is 0 Å². The van der Waals surface area contributed by atoms with Crippen molar-refractivity contribution in [1.82, 2.24) is 5.32 Å². The van der Waals surface area contributed by atoms with Gasteiger partial charge in [0.2, 0.25) is 0 Å². The van der Waals surface area contributed by atoms with E-state index in [1.165, 1.54) is 11.3 Å². The van der Waals surface area contributed by atoms with E-state index in [0.29, 0.717) is 6.04 Å². The molecule has 4 heteroatoms. The number of nitrogens with one attached hydrogen (secondary N) is 1. The minimum atomic E-state index is 0.0261. The quantitative estimate of drug-likeness (QED) is 0.740. The number of hydrogen-bond acceptors (Lipinski definition) is 3. The van der Waals surface area contributed by atoms with Gasteiger partial charge < -0.3 is 11.1 Å². The van der Waals surface area contributed by atoms with Crippen LogP contribution >= 0.6 is 11.3 Å². The summed E-state index contributed by atoms with van der Waals surface area (Å²) in [5.74, 6) is 0.0261. The van der Waals surface area contributed by atoms with Crippen LogP contribution in [0.1, 0.15) is 23.2 Å². The number of hydrogen-bond donors (Lipinski definition) is 2. The molecule has 3 nitrogen and oxygen atoms in total. The Morgan fingerprint density at radius 2 is 2.38 bits per heavy atom. The summed E-state index contributed by atoms with van der Waals surface area (Å²) in [6.07, 6.45) is 1.83. The summed E-state index contributed by atoms with van der Waals surface area (Å²) >= 11 is 1.54. The van der Waals surface area contributed by atoms with Gasteiger partial charge in [0, 0.05) is 23.0 Å². The molecule has 0 atom stereocenters. The molecule has 0 spiro atoms. The monoisotopic (exact) mass is 196 g/mol. The maximum atomic E-state index is 11.5. The number of carbonyl (C=O) groups is 1. The summed E-state index contributed by atoms with van der Waals surface area (Å²) in [5, 5.41) is 6.70. The zero-order valence-electron chi connectivity index (χ0n) is 7.19. The first-order chi connectivity index (χ1) is 6.25. The number of nitrogens with two attached hydrogens (primary N) is 1. The Hall–Kier alpha value is -0.870. The van der Waals surface area contributed by atoms with E-state index in [2.05, 4.69) is 5.32 Å². The van der Waals surface area contributed by atoms with Crippen LogP contribution in [0.15, 0.2) is 16.8 Å². The van der Waals surface area contributed by atoms with Crippen molar-refractivity contribution in [3.63, 3.8) is 0 Å². The Balaban J connectivity index is 1.86. The van der Waals surface area contributed by atoms with Crippen LogP contribution < -0.4 is 11.1 Å². The molecule has 0 unspecified atom stereocenters. The third kappa shape index (κ3) is 1.89. The molecule has 0 radical (unpaired) electrons. The van der Waals surface area contributed by atoms with Gasteiger partial charge in [-0.1, -0.05) is 0 Å². The highest BCUT2D eigenvalue weighted by Crippen LogP contribution is 2.18. The minimum Gasteiger partial charge on any atom is -0.349 e. The van der Waals surface area contributed by atoms with Gasteiger partial charge in [-0.3, -0.25) is 4.79 Å². The predicted molar refractivity (Wildman–Crippen MR) is 52.8 cm³/mol. The van der Waals surface area contributed by atoms with Crippen LogP contribution in [-0.4, -0.2) is 18.0 Å². The van der Waals surface area contributed by atoms with Crippen molar-refractivity contribution >= 4 is 17.2 Å². The normalized spacial score (nSPS) is 26.5. The zero-order valence-corrected chi connectivity index (χ0v) is 8.01. The van der Waals surface area contributed by atoms with E-state index in [4.69, 9.17) is 5.73 Å². The largest absolute Gasteiger partial charge is 0.349 e. The third-order valence-corrected chi connectivity index (χ3v) is 2.98. The summed E-state index contributed by atoms with van der Waals surface area (Å²) < 4.78 is 0. The zero-order chi connectivity index (χ0) is 9.26. The Morgan fingerprint density at radius 1 is 1.62 bits per heavy atom. The Bertz CT molecular complexity index is 291. The topological polar surface area (TPSA) is 55.1 Å². The number of carbonyl (C=O) groups excluding carboxylic acids is 1. The second-order valence-corrected chi connectivity index (χ2v) is 4.19. The van der Waals surface area contributed by atoms with Crippen molar-refractivity contribution in [3.8, 4) is 0 Å². The van der Waals surface area contributed by atoms with Crippen LogP contribution in [0.3, 0.4) is 0 Å². The van der Waals surface area contributed by atoms with Crippen molar-refractivity contribution in [2.45, 2.75) is 24.9 Å². The number of thiophene rings is 1. The lowest BCUT2D eigenvalue weighted by molar-refractivity contribution is 0.0911. The van der Waals surface area contributed by atoms with Crippen molar-refractivity contribution < 1.29 is 4.79 Å². The molecule has 1 aliphatic carbocycles. The first-order valence-corrected chi connectivity index (χ1v) is 5.28. The maximum Gasteiger partial charge on any atom is 0.252 e. The van der Waals surface area contributed by atoms with Gasteiger partial charge in [0.05, 0.1) is 0 Å². The molecule has 1 aliphatic rings. The molecule has 1 aromatic rings. The molecule has 1 aromatic heterocycles.